The molecule has 0 aliphatic heterocycles. The van der Waals surface area contributed by atoms with Crippen molar-refractivity contribution >= 4 is 23.2 Å². The molecule has 0 atom stereocenters. The molecule has 0 aliphatic carbocycles. The molecule has 4 nitrogen and oxygen atoms in total. The van der Waals surface area contributed by atoms with Crippen molar-refractivity contribution in [1.82, 2.24) is 5.32 Å². The molecule has 0 aliphatic rings. The van der Waals surface area contributed by atoms with E-state index in [2.05, 4.69) is 5.32 Å². The molecule has 1 aromatic heterocycles. The lowest BCUT2D eigenvalue weighted by molar-refractivity contribution is -0.135. The molecule has 1 aromatic rings. The molecule has 14 heavy (non-hydrogen) atoms. The number of carbonyl (C=O) groups excluding carboxylic acids is 1. The highest BCUT2D eigenvalue weighted by Gasteiger charge is 2.12. The van der Waals surface area contributed by atoms with Gasteiger partial charge in [-0.05, 0) is 19.9 Å². The van der Waals surface area contributed by atoms with E-state index in [-0.39, 0.29) is 12.5 Å². The van der Waals surface area contributed by atoms with Crippen LogP contribution < -0.4 is 5.32 Å². The Kier molecular flexibility index (Phi) is 3.24. The first-order valence-corrected chi connectivity index (χ1v) is 4.89. The van der Waals surface area contributed by atoms with Gasteiger partial charge in [0.05, 0.1) is 5.56 Å². The van der Waals surface area contributed by atoms with Crippen molar-refractivity contribution in [2.45, 2.75) is 13.8 Å². The summed E-state index contributed by atoms with van der Waals surface area (Å²) in [5.74, 6) is -1.36. The Balaban J connectivity index is 2.69. The molecule has 0 saturated carbocycles. The molecule has 0 saturated heterocycles. The van der Waals surface area contributed by atoms with Crippen LogP contribution in [0.15, 0.2) is 6.07 Å². The number of amides is 1. The molecule has 0 fully saturated rings. The van der Waals surface area contributed by atoms with Crippen molar-refractivity contribution in [3.63, 3.8) is 0 Å². The number of carboxylic acid groups (broad SMARTS) is 1. The standard InChI is InChI=1S/C9H11NO3S/c1-5-3-7(6(2)14-5)9(13)10-4-8(11)12/h3H,4H2,1-2H3,(H,10,13)(H,11,12). The summed E-state index contributed by atoms with van der Waals surface area (Å²) in [6, 6.07) is 1.76. The second kappa shape index (κ2) is 4.23. The van der Waals surface area contributed by atoms with Gasteiger partial charge in [0.25, 0.3) is 5.91 Å². The first kappa shape index (κ1) is 10.7. The minimum absolute atomic E-state index is 0.325. The minimum Gasteiger partial charge on any atom is -0.480 e. The summed E-state index contributed by atoms with van der Waals surface area (Å²) in [6.45, 7) is 3.41. The maximum absolute atomic E-state index is 11.4. The monoisotopic (exact) mass is 213 g/mol. The summed E-state index contributed by atoms with van der Waals surface area (Å²) in [5.41, 5.74) is 0.564. The Hall–Kier alpha value is -1.36. The van der Waals surface area contributed by atoms with E-state index in [0.717, 1.165) is 9.75 Å². The number of thiophene rings is 1. The van der Waals surface area contributed by atoms with Gasteiger partial charge in [-0.2, -0.15) is 0 Å². The molecule has 0 radical (unpaired) electrons. The third-order valence-electron chi connectivity index (χ3n) is 1.69. The van der Waals surface area contributed by atoms with Crippen molar-refractivity contribution in [2.75, 3.05) is 6.54 Å². The Bertz CT molecular complexity index is 370. The number of hydrogen-bond donors (Lipinski definition) is 2. The summed E-state index contributed by atoms with van der Waals surface area (Å²) >= 11 is 1.52. The Labute approximate surface area is 85.6 Å². The van der Waals surface area contributed by atoms with Gasteiger partial charge in [0.15, 0.2) is 0 Å². The first-order valence-electron chi connectivity index (χ1n) is 4.07. The number of carboxylic acids is 1. The predicted octanol–water partition coefficient (Wildman–Crippen LogP) is 1.18. The lowest BCUT2D eigenvalue weighted by Gasteiger charge is -2.00. The van der Waals surface area contributed by atoms with Gasteiger partial charge in [-0.15, -0.1) is 11.3 Å². The van der Waals surface area contributed by atoms with Gasteiger partial charge in [-0.25, -0.2) is 0 Å². The molecule has 1 heterocycles. The zero-order valence-corrected chi connectivity index (χ0v) is 8.77. The molecule has 1 amide bonds. The van der Waals surface area contributed by atoms with Crippen LogP contribution in [-0.2, 0) is 4.79 Å². The van der Waals surface area contributed by atoms with Crippen LogP contribution in [0.1, 0.15) is 20.1 Å². The Morgan fingerprint density at radius 2 is 2.14 bits per heavy atom. The van der Waals surface area contributed by atoms with E-state index in [4.69, 9.17) is 5.11 Å². The molecule has 0 spiro atoms. The number of rotatable bonds is 3. The van der Waals surface area contributed by atoms with Gasteiger partial charge in [-0.1, -0.05) is 0 Å². The number of carbonyl (C=O) groups is 2. The number of aliphatic carboxylic acids is 1. The summed E-state index contributed by atoms with van der Waals surface area (Å²) in [7, 11) is 0. The molecular formula is C9H11NO3S. The van der Waals surface area contributed by atoms with E-state index >= 15 is 0 Å². The van der Waals surface area contributed by atoms with Gasteiger partial charge in [-0.3, -0.25) is 9.59 Å². The van der Waals surface area contributed by atoms with Crippen molar-refractivity contribution in [2.24, 2.45) is 0 Å². The quantitative estimate of drug-likeness (QED) is 0.792. The Morgan fingerprint density at radius 3 is 2.57 bits per heavy atom. The summed E-state index contributed by atoms with van der Waals surface area (Å²) in [5, 5.41) is 10.7. The summed E-state index contributed by atoms with van der Waals surface area (Å²) in [6.07, 6.45) is 0. The fraction of sp³-hybridized carbons (Fsp3) is 0.333. The van der Waals surface area contributed by atoms with Gasteiger partial charge >= 0.3 is 5.97 Å². The van der Waals surface area contributed by atoms with E-state index in [1.54, 1.807) is 6.07 Å². The van der Waals surface area contributed by atoms with Crippen LogP contribution >= 0.6 is 11.3 Å². The third kappa shape index (κ3) is 2.56. The largest absolute Gasteiger partial charge is 0.480 e. The molecular weight excluding hydrogens is 202 g/mol. The fourth-order valence-corrected chi connectivity index (χ4v) is 2.03. The molecule has 1 rings (SSSR count). The lowest BCUT2D eigenvalue weighted by Crippen LogP contribution is -2.29. The van der Waals surface area contributed by atoms with Crippen molar-refractivity contribution in [1.29, 1.82) is 0 Å². The van der Waals surface area contributed by atoms with Crippen LogP contribution in [-0.4, -0.2) is 23.5 Å². The smallest absolute Gasteiger partial charge is 0.322 e. The highest BCUT2D eigenvalue weighted by atomic mass is 32.1. The van der Waals surface area contributed by atoms with Crippen LogP contribution in [0.3, 0.4) is 0 Å². The van der Waals surface area contributed by atoms with Crippen LogP contribution in [0.2, 0.25) is 0 Å². The van der Waals surface area contributed by atoms with Crippen LogP contribution in [0.4, 0.5) is 0 Å². The van der Waals surface area contributed by atoms with E-state index in [9.17, 15) is 9.59 Å². The SMILES string of the molecule is Cc1cc(C(=O)NCC(=O)O)c(C)s1. The van der Waals surface area contributed by atoms with E-state index in [0.29, 0.717) is 5.56 Å². The molecule has 5 heteroatoms. The second-order valence-corrected chi connectivity index (χ2v) is 4.36. The summed E-state index contributed by atoms with van der Waals surface area (Å²) < 4.78 is 0. The number of aryl methyl sites for hydroxylation is 2. The first-order chi connectivity index (χ1) is 6.50. The van der Waals surface area contributed by atoms with Gasteiger partial charge in [0, 0.05) is 9.75 Å². The lowest BCUT2D eigenvalue weighted by atomic mass is 10.2. The highest BCUT2D eigenvalue weighted by Crippen LogP contribution is 2.20. The average molecular weight is 213 g/mol. The second-order valence-electron chi connectivity index (χ2n) is 2.90. The number of nitrogens with one attached hydrogen (secondary N) is 1. The molecule has 0 aromatic carbocycles. The van der Waals surface area contributed by atoms with Gasteiger partial charge in [0.2, 0.25) is 0 Å². The van der Waals surface area contributed by atoms with Crippen LogP contribution in [0.25, 0.3) is 0 Å². The van der Waals surface area contributed by atoms with Crippen LogP contribution in [0, 0.1) is 13.8 Å². The van der Waals surface area contributed by atoms with Gasteiger partial charge < -0.3 is 10.4 Å². The van der Waals surface area contributed by atoms with E-state index in [1.165, 1.54) is 11.3 Å². The third-order valence-corrected chi connectivity index (χ3v) is 2.65. The Morgan fingerprint density at radius 1 is 1.50 bits per heavy atom. The summed E-state index contributed by atoms with van der Waals surface area (Å²) in [4.78, 5) is 23.6. The molecule has 2 N–H and O–H groups in total. The predicted molar refractivity (Wildman–Crippen MR) is 53.8 cm³/mol. The number of hydrogen-bond acceptors (Lipinski definition) is 3. The average Bonchev–Trinajstić information content (AvgIpc) is 2.41. The maximum atomic E-state index is 11.4. The normalized spacial score (nSPS) is 9.86. The van der Waals surface area contributed by atoms with Crippen molar-refractivity contribution in [3.8, 4) is 0 Å². The molecule has 0 unspecified atom stereocenters. The highest BCUT2D eigenvalue weighted by molar-refractivity contribution is 7.12. The minimum atomic E-state index is -1.04. The van der Waals surface area contributed by atoms with E-state index < -0.39 is 5.97 Å². The zero-order valence-electron chi connectivity index (χ0n) is 7.96. The molecule has 0 bridgehead atoms. The topological polar surface area (TPSA) is 66.4 Å². The zero-order chi connectivity index (χ0) is 10.7. The fourth-order valence-electron chi connectivity index (χ4n) is 1.11. The molecule has 76 valence electrons. The van der Waals surface area contributed by atoms with Crippen molar-refractivity contribution < 1.29 is 14.7 Å². The maximum Gasteiger partial charge on any atom is 0.322 e. The van der Waals surface area contributed by atoms with Crippen LogP contribution in [0.5, 0.6) is 0 Å². The van der Waals surface area contributed by atoms with E-state index in [1.807, 2.05) is 13.8 Å². The van der Waals surface area contributed by atoms with Gasteiger partial charge in [0.1, 0.15) is 6.54 Å². The van der Waals surface area contributed by atoms with Crippen molar-refractivity contribution in [3.05, 3.63) is 21.4 Å².